The molecule has 0 fully saturated rings. The van der Waals surface area contributed by atoms with Gasteiger partial charge in [-0.15, -0.1) is 0 Å². The van der Waals surface area contributed by atoms with Gasteiger partial charge in [-0.3, -0.25) is 9.78 Å². The number of rotatable bonds is 3. The third kappa shape index (κ3) is 3.31. The third-order valence-electron chi connectivity index (χ3n) is 3.60. The first-order valence-corrected chi connectivity index (χ1v) is 8.70. The fourth-order valence-electron chi connectivity index (χ4n) is 2.41. The zero-order valence-electron chi connectivity index (χ0n) is 13.1. The van der Waals surface area contributed by atoms with Crippen LogP contribution in [0, 0.1) is 0 Å². The lowest BCUT2D eigenvalue weighted by atomic mass is 10.2. The van der Waals surface area contributed by atoms with E-state index in [0.717, 1.165) is 10.0 Å². The van der Waals surface area contributed by atoms with Crippen molar-refractivity contribution in [2.45, 2.75) is 0 Å². The van der Waals surface area contributed by atoms with Crippen LogP contribution in [0.15, 0.2) is 63.9 Å². The molecule has 0 saturated heterocycles. The van der Waals surface area contributed by atoms with E-state index in [1.807, 2.05) is 6.07 Å². The van der Waals surface area contributed by atoms with Crippen LogP contribution in [0.5, 0.6) is 0 Å². The molecule has 4 aromatic rings. The molecule has 8 heteroatoms. The van der Waals surface area contributed by atoms with E-state index in [9.17, 15) is 4.79 Å². The largest absolute Gasteiger partial charge is 0.436 e. The Morgan fingerprint density at radius 1 is 1.19 bits per heavy atom. The van der Waals surface area contributed by atoms with E-state index in [1.165, 1.54) is 6.20 Å². The molecule has 1 N–H and O–H groups in total. The number of carbonyl (C=O) groups is 1. The van der Waals surface area contributed by atoms with Gasteiger partial charge < -0.3 is 9.73 Å². The monoisotopic (exact) mass is 428 g/mol. The second-order valence-corrected chi connectivity index (χ2v) is 6.66. The second-order valence-electron chi connectivity index (χ2n) is 5.39. The average molecular weight is 430 g/mol. The lowest BCUT2D eigenvalue weighted by molar-refractivity contribution is 0.102. The van der Waals surface area contributed by atoms with Crippen molar-refractivity contribution in [3.63, 3.8) is 0 Å². The number of hydrogen-bond acceptors (Lipinski definition) is 5. The molecule has 4 rings (SSSR count). The highest BCUT2D eigenvalue weighted by Gasteiger charge is 2.13. The van der Waals surface area contributed by atoms with Gasteiger partial charge in [-0.2, -0.15) is 0 Å². The normalized spacial score (nSPS) is 10.8. The van der Waals surface area contributed by atoms with Crippen molar-refractivity contribution in [1.82, 2.24) is 15.0 Å². The van der Waals surface area contributed by atoms with Crippen LogP contribution < -0.4 is 5.32 Å². The molecule has 0 bridgehead atoms. The maximum atomic E-state index is 12.3. The predicted molar refractivity (Wildman–Crippen MR) is 102 cm³/mol. The van der Waals surface area contributed by atoms with Gasteiger partial charge in [0.2, 0.25) is 5.89 Å². The highest BCUT2D eigenvalue weighted by atomic mass is 79.9. The number of nitrogens with one attached hydrogen (secondary N) is 1. The number of halogens is 2. The smallest absolute Gasteiger partial charge is 0.258 e. The minimum atomic E-state index is -0.345. The second kappa shape index (κ2) is 6.86. The maximum Gasteiger partial charge on any atom is 0.258 e. The summed E-state index contributed by atoms with van der Waals surface area (Å²) in [6, 6.07) is 10.3. The zero-order chi connectivity index (χ0) is 18.1. The molecule has 0 aliphatic rings. The summed E-state index contributed by atoms with van der Waals surface area (Å²) < 4.78 is 6.59. The van der Waals surface area contributed by atoms with Gasteiger partial charge >= 0.3 is 0 Å². The number of pyridine rings is 2. The Hall–Kier alpha value is -2.77. The maximum absolute atomic E-state index is 12.3. The van der Waals surface area contributed by atoms with E-state index in [-0.39, 0.29) is 11.1 Å². The van der Waals surface area contributed by atoms with E-state index < -0.39 is 0 Å². The summed E-state index contributed by atoms with van der Waals surface area (Å²) in [5.41, 5.74) is 2.86. The number of nitrogens with zero attached hydrogens (tertiary/aromatic N) is 3. The predicted octanol–water partition coefficient (Wildman–Crippen LogP) is 4.95. The summed E-state index contributed by atoms with van der Waals surface area (Å²) in [6.07, 6.45) is 4.88. The van der Waals surface area contributed by atoms with E-state index in [4.69, 9.17) is 16.0 Å². The van der Waals surface area contributed by atoms with Crippen molar-refractivity contribution in [2.24, 2.45) is 0 Å². The summed E-state index contributed by atoms with van der Waals surface area (Å²) >= 11 is 9.33. The lowest BCUT2D eigenvalue weighted by Gasteiger charge is -2.05. The van der Waals surface area contributed by atoms with Crippen molar-refractivity contribution in [3.05, 3.63) is 70.2 Å². The topological polar surface area (TPSA) is 80.9 Å². The molecule has 0 radical (unpaired) electrons. The van der Waals surface area contributed by atoms with Gasteiger partial charge in [0.15, 0.2) is 5.58 Å². The van der Waals surface area contributed by atoms with Crippen molar-refractivity contribution in [3.8, 4) is 11.5 Å². The minimum Gasteiger partial charge on any atom is -0.436 e. The number of oxazole rings is 1. The van der Waals surface area contributed by atoms with E-state index >= 15 is 0 Å². The SMILES string of the molecule is O=C(Nc1ccc2oc(-c3cncc(Br)c3)nc2c1)c1cccnc1Cl. The highest BCUT2D eigenvalue weighted by molar-refractivity contribution is 9.10. The van der Waals surface area contributed by atoms with Gasteiger partial charge in [-0.05, 0) is 52.3 Å². The lowest BCUT2D eigenvalue weighted by Crippen LogP contribution is -2.12. The molecule has 0 spiro atoms. The summed E-state index contributed by atoms with van der Waals surface area (Å²) in [6.45, 7) is 0. The molecule has 26 heavy (non-hydrogen) atoms. The molecule has 0 aliphatic heterocycles. The zero-order valence-corrected chi connectivity index (χ0v) is 15.5. The molecule has 3 heterocycles. The Labute approximate surface area is 161 Å². The quantitative estimate of drug-likeness (QED) is 0.466. The van der Waals surface area contributed by atoms with Gasteiger partial charge in [0.25, 0.3) is 5.91 Å². The molecule has 0 saturated carbocycles. The molecule has 3 aromatic heterocycles. The van der Waals surface area contributed by atoms with Crippen LogP contribution >= 0.6 is 27.5 Å². The van der Waals surface area contributed by atoms with Crippen LogP contribution in [-0.4, -0.2) is 20.9 Å². The van der Waals surface area contributed by atoms with Crippen molar-refractivity contribution < 1.29 is 9.21 Å². The van der Waals surface area contributed by atoms with Crippen molar-refractivity contribution in [1.29, 1.82) is 0 Å². The van der Waals surface area contributed by atoms with Crippen LogP contribution in [0.25, 0.3) is 22.6 Å². The first-order valence-electron chi connectivity index (χ1n) is 7.53. The van der Waals surface area contributed by atoms with Crippen LogP contribution in [-0.2, 0) is 0 Å². The van der Waals surface area contributed by atoms with Crippen LogP contribution in [0.1, 0.15) is 10.4 Å². The highest BCUT2D eigenvalue weighted by Crippen LogP contribution is 2.27. The first-order chi connectivity index (χ1) is 12.6. The standard InChI is InChI=1S/C18H10BrClN4O2/c19-11-6-10(8-21-9-11)18-24-14-7-12(3-4-15(14)26-18)23-17(25)13-2-1-5-22-16(13)20/h1-9H,(H,23,25). The molecule has 6 nitrogen and oxygen atoms in total. The number of fused-ring (bicyclic) bond motifs is 1. The number of benzene rings is 1. The Kier molecular flexibility index (Phi) is 4.40. The minimum absolute atomic E-state index is 0.150. The third-order valence-corrected chi connectivity index (χ3v) is 4.34. The van der Waals surface area contributed by atoms with E-state index in [2.05, 4.69) is 36.2 Å². The Morgan fingerprint density at radius 3 is 2.88 bits per heavy atom. The number of anilines is 1. The molecule has 0 aliphatic carbocycles. The number of hydrogen-bond donors (Lipinski definition) is 1. The first kappa shape index (κ1) is 16.7. The molecule has 0 atom stereocenters. The van der Waals surface area contributed by atoms with E-state index in [0.29, 0.717) is 28.2 Å². The molecule has 1 aromatic carbocycles. The molecular weight excluding hydrogens is 420 g/mol. The summed E-state index contributed by atoms with van der Waals surface area (Å²) in [7, 11) is 0. The summed E-state index contributed by atoms with van der Waals surface area (Å²) in [5, 5.41) is 2.93. The van der Waals surface area contributed by atoms with Crippen LogP contribution in [0.3, 0.4) is 0 Å². The van der Waals surface area contributed by atoms with Crippen molar-refractivity contribution >= 4 is 50.2 Å². The summed E-state index contributed by atoms with van der Waals surface area (Å²) in [4.78, 5) is 24.8. The molecule has 128 valence electrons. The Balaban J connectivity index is 1.64. The van der Waals surface area contributed by atoms with Crippen LogP contribution in [0.2, 0.25) is 5.15 Å². The van der Waals surface area contributed by atoms with Gasteiger partial charge in [-0.25, -0.2) is 9.97 Å². The van der Waals surface area contributed by atoms with Gasteiger partial charge in [0.05, 0.1) is 11.1 Å². The average Bonchev–Trinajstić information content (AvgIpc) is 3.05. The Morgan fingerprint density at radius 2 is 2.08 bits per heavy atom. The van der Waals surface area contributed by atoms with Gasteiger partial charge in [-0.1, -0.05) is 11.6 Å². The molecule has 1 amide bonds. The molecule has 0 unspecified atom stereocenters. The van der Waals surface area contributed by atoms with Crippen LogP contribution in [0.4, 0.5) is 5.69 Å². The van der Waals surface area contributed by atoms with Crippen molar-refractivity contribution in [2.75, 3.05) is 5.32 Å². The number of aromatic nitrogens is 3. The molecular formula is C18H10BrClN4O2. The fourth-order valence-corrected chi connectivity index (χ4v) is 2.98. The van der Waals surface area contributed by atoms with Gasteiger partial charge in [0, 0.05) is 28.8 Å². The fraction of sp³-hybridized carbons (Fsp3) is 0. The van der Waals surface area contributed by atoms with Gasteiger partial charge in [0.1, 0.15) is 10.7 Å². The number of carbonyl (C=O) groups excluding carboxylic acids is 1. The number of amides is 1. The van der Waals surface area contributed by atoms with E-state index in [1.54, 1.807) is 42.7 Å². The Bertz CT molecular complexity index is 1130. The summed E-state index contributed by atoms with van der Waals surface area (Å²) in [5.74, 6) is 0.106.